The van der Waals surface area contributed by atoms with E-state index in [9.17, 15) is 4.79 Å². The van der Waals surface area contributed by atoms with Crippen LogP contribution >= 0.6 is 0 Å². The van der Waals surface area contributed by atoms with Crippen LogP contribution in [0, 0.1) is 5.92 Å². The Bertz CT molecular complexity index is 499. The third-order valence-corrected chi connectivity index (χ3v) is 4.21. The van der Waals surface area contributed by atoms with Crippen molar-refractivity contribution in [2.24, 2.45) is 5.92 Å². The van der Waals surface area contributed by atoms with E-state index in [0.29, 0.717) is 25.1 Å². The second-order valence-electron chi connectivity index (χ2n) is 6.00. The minimum atomic E-state index is -0.253. The van der Waals surface area contributed by atoms with Crippen molar-refractivity contribution in [3.05, 3.63) is 29.8 Å². The van der Waals surface area contributed by atoms with E-state index in [2.05, 4.69) is 6.92 Å². The van der Waals surface area contributed by atoms with Gasteiger partial charge in [0.2, 0.25) is 0 Å². The van der Waals surface area contributed by atoms with Crippen LogP contribution in [0.25, 0.3) is 0 Å². The minimum absolute atomic E-state index is 0.153. The first-order valence-electron chi connectivity index (χ1n) is 7.41. The summed E-state index contributed by atoms with van der Waals surface area (Å²) in [5, 5.41) is 0. The SMILES string of the molecule is CC1CCOC1C(=O)N(Cc1cccc(N)c1)C1CC1. The number of carbonyl (C=O) groups is 1. The van der Waals surface area contributed by atoms with Crippen LogP contribution in [0.3, 0.4) is 0 Å². The maximum atomic E-state index is 12.7. The second-order valence-corrected chi connectivity index (χ2v) is 6.00. The molecule has 1 aromatic rings. The zero-order chi connectivity index (χ0) is 14.1. The minimum Gasteiger partial charge on any atom is -0.399 e. The maximum Gasteiger partial charge on any atom is 0.252 e. The van der Waals surface area contributed by atoms with Crippen LogP contribution in [-0.2, 0) is 16.1 Å². The molecule has 1 saturated heterocycles. The predicted octanol–water partition coefficient (Wildman–Crippen LogP) is 2.18. The fourth-order valence-electron chi connectivity index (χ4n) is 2.84. The van der Waals surface area contributed by atoms with E-state index in [-0.39, 0.29) is 12.0 Å². The lowest BCUT2D eigenvalue weighted by molar-refractivity contribution is -0.143. The van der Waals surface area contributed by atoms with E-state index < -0.39 is 0 Å². The van der Waals surface area contributed by atoms with Gasteiger partial charge in [0.15, 0.2) is 0 Å². The molecule has 2 N–H and O–H groups in total. The van der Waals surface area contributed by atoms with Crippen molar-refractivity contribution in [1.82, 2.24) is 4.90 Å². The fraction of sp³-hybridized carbons (Fsp3) is 0.562. The van der Waals surface area contributed by atoms with Gasteiger partial charge in [-0.05, 0) is 42.9 Å². The molecule has 0 aromatic heterocycles. The van der Waals surface area contributed by atoms with Gasteiger partial charge in [-0.15, -0.1) is 0 Å². The summed E-state index contributed by atoms with van der Waals surface area (Å²) < 4.78 is 5.63. The van der Waals surface area contributed by atoms with E-state index in [1.165, 1.54) is 0 Å². The van der Waals surface area contributed by atoms with Crippen molar-refractivity contribution in [2.45, 2.75) is 44.9 Å². The average molecular weight is 274 g/mol. The molecule has 1 aromatic carbocycles. The maximum absolute atomic E-state index is 12.7. The summed E-state index contributed by atoms with van der Waals surface area (Å²) in [5.41, 5.74) is 7.66. The Labute approximate surface area is 119 Å². The van der Waals surface area contributed by atoms with Crippen molar-refractivity contribution in [3.63, 3.8) is 0 Å². The van der Waals surface area contributed by atoms with Crippen molar-refractivity contribution in [1.29, 1.82) is 0 Å². The number of benzene rings is 1. The van der Waals surface area contributed by atoms with Gasteiger partial charge in [-0.1, -0.05) is 19.1 Å². The molecule has 0 spiro atoms. The van der Waals surface area contributed by atoms with Crippen molar-refractivity contribution in [3.8, 4) is 0 Å². The fourth-order valence-corrected chi connectivity index (χ4v) is 2.84. The van der Waals surface area contributed by atoms with Gasteiger partial charge in [0.05, 0.1) is 0 Å². The largest absolute Gasteiger partial charge is 0.399 e. The highest BCUT2D eigenvalue weighted by molar-refractivity contribution is 5.82. The van der Waals surface area contributed by atoms with Crippen LogP contribution in [0.5, 0.6) is 0 Å². The number of nitrogens with zero attached hydrogens (tertiary/aromatic N) is 1. The number of carbonyl (C=O) groups excluding carboxylic acids is 1. The molecular formula is C16H22N2O2. The topological polar surface area (TPSA) is 55.6 Å². The molecule has 3 rings (SSSR count). The molecule has 4 heteroatoms. The normalized spacial score (nSPS) is 25.6. The van der Waals surface area contributed by atoms with Crippen LogP contribution in [0.2, 0.25) is 0 Å². The standard InChI is InChI=1S/C16H22N2O2/c1-11-7-8-20-15(11)16(19)18(14-5-6-14)10-12-3-2-4-13(17)9-12/h2-4,9,11,14-15H,5-8,10,17H2,1H3. The molecule has 1 aliphatic heterocycles. The van der Waals surface area contributed by atoms with Crippen molar-refractivity contribution < 1.29 is 9.53 Å². The Morgan fingerprint density at radius 1 is 1.40 bits per heavy atom. The lowest BCUT2D eigenvalue weighted by Crippen LogP contribution is -2.42. The Morgan fingerprint density at radius 2 is 2.20 bits per heavy atom. The van der Waals surface area contributed by atoms with Crippen LogP contribution in [0.15, 0.2) is 24.3 Å². The quantitative estimate of drug-likeness (QED) is 0.856. The van der Waals surface area contributed by atoms with Crippen LogP contribution in [-0.4, -0.2) is 29.6 Å². The molecule has 0 radical (unpaired) electrons. The number of hydrogen-bond donors (Lipinski definition) is 1. The monoisotopic (exact) mass is 274 g/mol. The predicted molar refractivity (Wildman–Crippen MR) is 77.9 cm³/mol. The summed E-state index contributed by atoms with van der Waals surface area (Å²) in [5.74, 6) is 0.476. The number of hydrogen-bond acceptors (Lipinski definition) is 3. The molecule has 4 nitrogen and oxygen atoms in total. The summed E-state index contributed by atoms with van der Waals surface area (Å²) in [6.45, 7) is 3.44. The second kappa shape index (κ2) is 5.44. The van der Waals surface area contributed by atoms with E-state index in [4.69, 9.17) is 10.5 Å². The molecule has 2 aliphatic rings. The Kier molecular flexibility index (Phi) is 3.66. The Hall–Kier alpha value is -1.55. The lowest BCUT2D eigenvalue weighted by atomic mass is 10.0. The zero-order valence-corrected chi connectivity index (χ0v) is 11.9. The van der Waals surface area contributed by atoms with Gasteiger partial charge in [-0.2, -0.15) is 0 Å². The summed E-state index contributed by atoms with van der Waals surface area (Å²) in [6, 6.07) is 8.17. The summed E-state index contributed by atoms with van der Waals surface area (Å²) in [4.78, 5) is 14.7. The molecule has 2 fully saturated rings. The van der Waals surface area contributed by atoms with Gasteiger partial charge in [0, 0.05) is 24.9 Å². The molecular weight excluding hydrogens is 252 g/mol. The van der Waals surface area contributed by atoms with Crippen LogP contribution < -0.4 is 5.73 Å². The van der Waals surface area contributed by atoms with Crippen molar-refractivity contribution in [2.75, 3.05) is 12.3 Å². The smallest absolute Gasteiger partial charge is 0.252 e. The summed E-state index contributed by atoms with van der Waals surface area (Å²) in [6.07, 6.45) is 2.94. The van der Waals surface area contributed by atoms with Gasteiger partial charge < -0.3 is 15.4 Å². The molecule has 2 unspecified atom stereocenters. The highest BCUT2D eigenvalue weighted by Gasteiger charge is 2.40. The molecule has 1 heterocycles. The molecule has 20 heavy (non-hydrogen) atoms. The van der Waals surface area contributed by atoms with Gasteiger partial charge in [-0.25, -0.2) is 0 Å². The lowest BCUT2D eigenvalue weighted by Gasteiger charge is -2.27. The van der Waals surface area contributed by atoms with E-state index in [1.807, 2.05) is 29.2 Å². The summed E-state index contributed by atoms with van der Waals surface area (Å²) >= 11 is 0. The van der Waals surface area contributed by atoms with Gasteiger partial charge in [0.25, 0.3) is 5.91 Å². The number of nitrogens with two attached hydrogens (primary N) is 1. The highest BCUT2D eigenvalue weighted by Crippen LogP contribution is 2.32. The first-order valence-corrected chi connectivity index (χ1v) is 7.41. The van der Waals surface area contributed by atoms with Gasteiger partial charge >= 0.3 is 0 Å². The number of ether oxygens (including phenoxy) is 1. The van der Waals surface area contributed by atoms with Crippen LogP contribution in [0.4, 0.5) is 5.69 Å². The molecule has 1 saturated carbocycles. The van der Waals surface area contributed by atoms with Crippen LogP contribution in [0.1, 0.15) is 31.7 Å². The Balaban J connectivity index is 1.74. The van der Waals surface area contributed by atoms with Crippen molar-refractivity contribution >= 4 is 11.6 Å². The van der Waals surface area contributed by atoms with Gasteiger partial charge in [0.1, 0.15) is 6.10 Å². The summed E-state index contributed by atoms with van der Waals surface area (Å²) in [7, 11) is 0. The van der Waals surface area contributed by atoms with E-state index in [0.717, 1.165) is 30.5 Å². The number of amides is 1. The highest BCUT2D eigenvalue weighted by atomic mass is 16.5. The zero-order valence-electron chi connectivity index (χ0n) is 11.9. The van der Waals surface area contributed by atoms with E-state index >= 15 is 0 Å². The number of rotatable bonds is 4. The van der Waals surface area contributed by atoms with Gasteiger partial charge in [-0.3, -0.25) is 4.79 Å². The average Bonchev–Trinajstić information content (AvgIpc) is 3.17. The molecule has 2 atom stereocenters. The first kappa shape index (κ1) is 13.4. The molecule has 108 valence electrons. The third-order valence-electron chi connectivity index (χ3n) is 4.21. The Morgan fingerprint density at radius 3 is 2.80 bits per heavy atom. The molecule has 1 aliphatic carbocycles. The molecule has 1 amide bonds. The molecule has 0 bridgehead atoms. The number of anilines is 1. The third kappa shape index (κ3) is 2.80. The number of nitrogen functional groups attached to an aromatic ring is 1. The van der Waals surface area contributed by atoms with E-state index in [1.54, 1.807) is 0 Å². The first-order chi connectivity index (χ1) is 9.65.